The highest BCUT2D eigenvalue weighted by Gasteiger charge is 2.60. The van der Waals surface area contributed by atoms with E-state index in [0.29, 0.717) is 54.2 Å². The largest absolute Gasteiger partial charge is 0.325 e. The predicted octanol–water partition coefficient (Wildman–Crippen LogP) is 3.99. The molecule has 0 saturated carbocycles. The van der Waals surface area contributed by atoms with Crippen molar-refractivity contribution in [3.8, 4) is 0 Å². The van der Waals surface area contributed by atoms with Crippen LogP contribution in [0.1, 0.15) is 54.6 Å². The number of carbonyl (C=O) groups is 3. The Labute approximate surface area is 180 Å². The van der Waals surface area contributed by atoms with Crippen molar-refractivity contribution in [2.75, 3.05) is 18.4 Å². The van der Waals surface area contributed by atoms with Crippen LogP contribution in [0.15, 0.2) is 42.5 Å². The molecule has 0 aliphatic carbocycles. The van der Waals surface area contributed by atoms with E-state index in [1.54, 1.807) is 28.0 Å². The second-order valence-electron chi connectivity index (χ2n) is 7.56. The van der Waals surface area contributed by atoms with Crippen molar-refractivity contribution in [3.05, 3.63) is 64.2 Å². The zero-order valence-corrected chi connectivity index (χ0v) is 17.8. The number of fused-ring (bicyclic) bond motifs is 3. The fourth-order valence-corrected chi connectivity index (χ4v) is 4.73. The summed E-state index contributed by atoms with van der Waals surface area (Å²) >= 11 is 6.12. The second-order valence-corrected chi connectivity index (χ2v) is 8.00. The van der Waals surface area contributed by atoms with E-state index >= 15 is 0 Å². The summed E-state index contributed by atoms with van der Waals surface area (Å²) in [6.45, 7) is 4.62. The van der Waals surface area contributed by atoms with Gasteiger partial charge in [-0.3, -0.25) is 14.4 Å². The van der Waals surface area contributed by atoms with Crippen LogP contribution in [-0.2, 0) is 15.3 Å². The van der Waals surface area contributed by atoms with Gasteiger partial charge in [-0.2, -0.15) is 0 Å². The minimum Gasteiger partial charge on any atom is -0.325 e. The zero-order chi connectivity index (χ0) is 21.5. The van der Waals surface area contributed by atoms with Crippen LogP contribution in [0, 0.1) is 0 Å². The molecule has 1 unspecified atom stereocenters. The zero-order valence-electron chi connectivity index (χ0n) is 17.1. The highest BCUT2D eigenvalue weighted by Crippen LogP contribution is 2.51. The van der Waals surface area contributed by atoms with Crippen molar-refractivity contribution in [2.45, 2.75) is 38.8 Å². The summed E-state index contributed by atoms with van der Waals surface area (Å²) in [6.07, 6.45) is 1.43. The van der Waals surface area contributed by atoms with E-state index in [1.165, 1.54) is 0 Å². The number of carbonyl (C=O) groups excluding carboxylic acids is 3. The van der Waals surface area contributed by atoms with E-state index < -0.39 is 5.66 Å². The van der Waals surface area contributed by atoms with Crippen molar-refractivity contribution < 1.29 is 14.4 Å². The van der Waals surface area contributed by atoms with Crippen LogP contribution in [0.4, 0.5) is 5.69 Å². The van der Waals surface area contributed by atoms with Crippen LogP contribution in [0.5, 0.6) is 0 Å². The standard InChI is InChI=1S/C23H24ClN3O3/c1-3-6-19(28)25-18-8-5-7-17-21(18)22(30)27-14-13-26(20(29)4-2)23(17,27)15-9-11-16(24)12-10-15/h5,7-12H,3-4,6,13-14H2,1-2H3,(H,25,28). The maximum Gasteiger partial charge on any atom is 0.258 e. The lowest BCUT2D eigenvalue weighted by Crippen LogP contribution is -2.51. The Kier molecular flexibility index (Phi) is 5.28. The Balaban J connectivity index is 1.94. The molecule has 2 heterocycles. The number of halogens is 1. The van der Waals surface area contributed by atoms with E-state index in [1.807, 2.05) is 38.1 Å². The molecule has 2 aliphatic rings. The van der Waals surface area contributed by atoms with E-state index in [2.05, 4.69) is 5.32 Å². The summed E-state index contributed by atoms with van der Waals surface area (Å²) in [5.74, 6) is -0.347. The Bertz CT molecular complexity index is 1020. The van der Waals surface area contributed by atoms with Gasteiger partial charge in [-0.1, -0.05) is 49.7 Å². The third kappa shape index (κ3) is 2.89. The highest BCUT2D eigenvalue weighted by atomic mass is 35.5. The average Bonchev–Trinajstić information content (AvgIpc) is 3.24. The summed E-state index contributed by atoms with van der Waals surface area (Å²) in [4.78, 5) is 42.3. The molecule has 0 aromatic heterocycles. The lowest BCUT2D eigenvalue weighted by atomic mass is 9.89. The van der Waals surface area contributed by atoms with Gasteiger partial charge >= 0.3 is 0 Å². The smallest absolute Gasteiger partial charge is 0.258 e. The molecule has 1 saturated heterocycles. The molecule has 2 aromatic carbocycles. The molecule has 156 valence electrons. The number of amides is 3. The molecule has 0 radical (unpaired) electrons. The van der Waals surface area contributed by atoms with Crippen molar-refractivity contribution in [3.63, 3.8) is 0 Å². The average molecular weight is 426 g/mol. The molecular formula is C23H24ClN3O3. The number of rotatable bonds is 5. The first-order chi connectivity index (χ1) is 14.4. The predicted molar refractivity (Wildman–Crippen MR) is 115 cm³/mol. The highest BCUT2D eigenvalue weighted by molar-refractivity contribution is 6.30. The Morgan fingerprint density at radius 2 is 1.83 bits per heavy atom. The molecule has 1 atom stereocenters. The van der Waals surface area contributed by atoms with Crippen LogP contribution in [0.2, 0.25) is 5.02 Å². The molecule has 3 amide bonds. The van der Waals surface area contributed by atoms with E-state index in [-0.39, 0.29) is 17.7 Å². The molecule has 0 spiro atoms. The van der Waals surface area contributed by atoms with Crippen molar-refractivity contribution in [1.29, 1.82) is 0 Å². The molecular weight excluding hydrogens is 402 g/mol. The first-order valence-electron chi connectivity index (χ1n) is 10.3. The van der Waals surface area contributed by atoms with Crippen molar-refractivity contribution in [1.82, 2.24) is 9.80 Å². The quantitative estimate of drug-likeness (QED) is 0.787. The van der Waals surface area contributed by atoms with E-state index in [0.717, 1.165) is 5.56 Å². The third-order valence-electron chi connectivity index (χ3n) is 5.83. The minimum atomic E-state index is -1.03. The van der Waals surface area contributed by atoms with Crippen molar-refractivity contribution >= 4 is 35.0 Å². The van der Waals surface area contributed by atoms with Gasteiger partial charge in [-0.05, 0) is 24.6 Å². The lowest BCUT2D eigenvalue weighted by molar-refractivity contribution is -0.136. The normalized spacial score (nSPS) is 19.6. The summed E-state index contributed by atoms with van der Waals surface area (Å²) in [7, 11) is 0. The molecule has 1 fully saturated rings. The summed E-state index contributed by atoms with van der Waals surface area (Å²) in [5, 5.41) is 3.47. The number of anilines is 1. The maximum absolute atomic E-state index is 13.6. The first kappa shape index (κ1) is 20.4. The first-order valence-corrected chi connectivity index (χ1v) is 10.6. The number of nitrogens with one attached hydrogen (secondary N) is 1. The molecule has 2 aromatic rings. The third-order valence-corrected chi connectivity index (χ3v) is 6.08. The fraction of sp³-hybridized carbons (Fsp3) is 0.348. The van der Waals surface area contributed by atoms with Gasteiger partial charge in [-0.15, -0.1) is 0 Å². The van der Waals surface area contributed by atoms with Gasteiger partial charge in [0.05, 0.1) is 11.3 Å². The van der Waals surface area contributed by atoms with Gasteiger partial charge in [-0.25, -0.2) is 0 Å². The van der Waals surface area contributed by atoms with Gasteiger partial charge in [0.2, 0.25) is 11.8 Å². The SMILES string of the molecule is CCCC(=O)Nc1cccc2c1C(=O)N1CCN(C(=O)CC)C21c1ccc(Cl)cc1. The van der Waals surface area contributed by atoms with Gasteiger partial charge in [0.15, 0.2) is 5.66 Å². The number of hydrogen-bond donors (Lipinski definition) is 1. The van der Waals surface area contributed by atoms with Gasteiger partial charge in [0.1, 0.15) is 0 Å². The number of benzene rings is 2. The van der Waals surface area contributed by atoms with Crippen LogP contribution in [0.25, 0.3) is 0 Å². The molecule has 4 rings (SSSR count). The molecule has 0 bridgehead atoms. The molecule has 6 nitrogen and oxygen atoms in total. The Morgan fingerprint density at radius 3 is 2.50 bits per heavy atom. The van der Waals surface area contributed by atoms with Gasteiger partial charge < -0.3 is 15.1 Å². The number of hydrogen-bond acceptors (Lipinski definition) is 3. The Hall–Kier alpha value is -2.86. The Morgan fingerprint density at radius 1 is 1.10 bits per heavy atom. The maximum atomic E-state index is 13.6. The molecule has 7 heteroatoms. The van der Waals surface area contributed by atoms with Gasteiger partial charge in [0, 0.05) is 42.1 Å². The van der Waals surface area contributed by atoms with Crippen LogP contribution >= 0.6 is 11.6 Å². The number of nitrogens with zero attached hydrogens (tertiary/aromatic N) is 2. The van der Waals surface area contributed by atoms with E-state index in [4.69, 9.17) is 11.6 Å². The summed E-state index contributed by atoms with van der Waals surface area (Å²) in [6, 6.07) is 12.7. The molecule has 1 N–H and O–H groups in total. The van der Waals surface area contributed by atoms with Crippen LogP contribution < -0.4 is 5.32 Å². The fourth-order valence-electron chi connectivity index (χ4n) is 4.61. The van der Waals surface area contributed by atoms with Gasteiger partial charge in [0.25, 0.3) is 5.91 Å². The second kappa shape index (κ2) is 7.76. The molecule has 2 aliphatic heterocycles. The summed E-state index contributed by atoms with van der Waals surface area (Å²) in [5.41, 5.74) is 1.42. The lowest BCUT2D eigenvalue weighted by Gasteiger charge is -2.40. The monoisotopic (exact) mass is 425 g/mol. The van der Waals surface area contributed by atoms with Crippen molar-refractivity contribution in [2.24, 2.45) is 0 Å². The van der Waals surface area contributed by atoms with Crippen LogP contribution in [-0.4, -0.2) is 40.6 Å². The minimum absolute atomic E-state index is 0.0338. The topological polar surface area (TPSA) is 69.7 Å². The molecule has 30 heavy (non-hydrogen) atoms. The van der Waals surface area contributed by atoms with Crippen LogP contribution in [0.3, 0.4) is 0 Å². The summed E-state index contributed by atoms with van der Waals surface area (Å²) < 4.78 is 0. The van der Waals surface area contributed by atoms with E-state index in [9.17, 15) is 14.4 Å².